The highest BCUT2D eigenvalue weighted by atomic mass is 31.2. The molecular weight excluding hydrogens is 777 g/mol. The lowest BCUT2D eigenvalue weighted by molar-refractivity contribution is -0.752. The normalized spacial score (nSPS) is 13.6. The van der Waals surface area contributed by atoms with E-state index in [1.807, 2.05) is 93.9 Å². The Hall–Kier alpha value is -5.06. The Morgan fingerprint density at radius 2 is 0.877 bits per heavy atom. The molecule has 0 amide bonds. The molecule has 1 aliphatic heterocycles. The monoisotopic (exact) mass is 808 g/mol. The highest BCUT2D eigenvalue weighted by Gasteiger charge is 2.59. The van der Waals surface area contributed by atoms with Crippen molar-refractivity contribution in [2.24, 2.45) is 0 Å². The van der Waals surface area contributed by atoms with Gasteiger partial charge in [-0.2, -0.15) is 16.4 Å². The summed E-state index contributed by atoms with van der Waals surface area (Å²) in [7, 11) is 5.13. The summed E-state index contributed by atoms with van der Waals surface area (Å²) in [5.41, 5.74) is -4.63. The largest absolute Gasteiger partial charge is 0.701 e. The third-order valence-corrected chi connectivity index (χ3v) is 14.6. The fourth-order valence-electron chi connectivity index (χ4n) is 7.71. The summed E-state index contributed by atoms with van der Waals surface area (Å²) in [6.45, 7) is 0.710. The Morgan fingerprint density at radius 3 is 1.30 bits per heavy atom. The van der Waals surface area contributed by atoms with Gasteiger partial charge < -0.3 is 9.13 Å². The van der Waals surface area contributed by atoms with E-state index in [0.717, 1.165) is 16.7 Å². The molecule has 0 unspecified atom stereocenters. The SMILES string of the molecule is CC1(C)c2cccc([B-](c3c(F)c(F)c(F)c(F)c3F)c3c(F)c(F)c(F)c(F)c3F)c2Oc2c1cccc2[P+]([B][N+](C)(C)C)(c1ccccc1)c1ccccc1. The van der Waals surface area contributed by atoms with Crippen molar-refractivity contribution in [3.8, 4) is 11.5 Å². The molecule has 6 aromatic carbocycles. The van der Waals surface area contributed by atoms with E-state index in [1.165, 1.54) is 12.1 Å². The minimum absolute atomic E-state index is 0.210. The van der Waals surface area contributed by atoms with Gasteiger partial charge in [0.2, 0.25) is 0 Å². The lowest BCUT2D eigenvalue weighted by Gasteiger charge is -2.41. The number of para-hydroxylation sites is 2. The molecule has 290 valence electrons. The second-order valence-electron chi connectivity index (χ2n) is 15.1. The van der Waals surface area contributed by atoms with Crippen LogP contribution < -0.4 is 37.0 Å². The van der Waals surface area contributed by atoms with Crippen molar-refractivity contribution in [2.75, 3.05) is 21.1 Å². The van der Waals surface area contributed by atoms with Crippen LogP contribution in [-0.2, 0) is 5.41 Å². The summed E-state index contributed by atoms with van der Waals surface area (Å²) < 4.78 is 159. The summed E-state index contributed by atoms with van der Waals surface area (Å²) in [5.74, 6) is -25.4. The summed E-state index contributed by atoms with van der Waals surface area (Å²) >= 11 is 0. The minimum atomic E-state index is -2.93. The zero-order valence-corrected chi connectivity index (χ0v) is 31.9. The van der Waals surface area contributed by atoms with Crippen molar-refractivity contribution < 1.29 is 53.0 Å². The van der Waals surface area contributed by atoms with Gasteiger partial charge in [0.1, 0.15) is 35.7 Å². The number of fused-ring (bicyclic) bond motifs is 2. The minimum Gasteiger partial charge on any atom is -0.456 e. The first-order chi connectivity index (χ1) is 26.8. The molecule has 7 rings (SSSR count). The molecule has 0 atom stereocenters. The maximum atomic E-state index is 15.9. The average molecular weight is 808 g/mol. The van der Waals surface area contributed by atoms with Crippen LogP contribution in [0, 0.1) is 58.2 Å². The number of quaternary nitrogens is 1. The number of rotatable bonds is 8. The van der Waals surface area contributed by atoms with Gasteiger partial charge in [-0.15, -0.1) is 0 Å². The number of ether oxygens (including phenoxy) is 1. The standard InChI is InChI=1S/C42H31B2F10NOP/c1-42(2)24-18-12-20-26(44(28-30(45)34(49)38(53)35(50)31(28)46)29-32(47)36(51)39(54)37(52)33(29)48)40(24)56-41-25(42)19-13-21-27(41)57(43-55(3,4)5,22-14-8-6-9-15-22)23-16-10-7-11-17-23/h6-21H,1-5H3/q+1. The van der Waals surface area contributed by atoms with E-state index in [9.17, 15) is 26.3 Å². The van der Waals surface area contributed by atoms with E-state index in [0.29, 0.717) is 15.3 Å². The van der Waals surface area contributed by atoms with Crippen molar-refractivity contribution in [2.45, 2.75) is 19.3 Å². The van der Waals surface area contributed by atoms with Crippen molar-refractivity contribution in [1.29, 1.82) is 0 Å². The quantitative estimate of drug-likeness (QED) is 0.0508. The third kappa shape index (κ3) is 6.32. The van der Waals surface area contributed by atoms with E-state index in [1.54, 1.807) is 19.9 Å². The highest BCUT2D eigenvalue weighted by Crippen LogP contribution is 2.59. The molecule has 0 N–H and O–H groups in total. The summed E-state index contributed by atoms with van der Waals surface area (Å²) in [6.07, 6.45) is 0. The Morgan fingerprint density at radius 1 is 0.491 bits per heavy atom. The summed E-state index contributed by atoms with van der Waals surface area (Å²) in [4.78, 5) is 0. The first-order valence-electron chi connectivity index (χ1n) is 17.5. The predicted molar refractivity (Wildman–Crippen MR) is 205 cm³/mol. The molecule has 6 aromatic rings. The maximum absolute atomic E-state index is 15.9. The molecule has 0 spiro atoms. The number of hydrogen-bond donors (Lipinski definition) is 0. The summed E-state index contributed by atoms with van der Waals surface area (Å²) in [6, 6.07) is 28.4. The number of nitrogens with zero attached hydrogens (tertiary/aromatic N) is 1. The Balaban J connectivity index is 1.61. The van der Waals surface area contributed by atoms with Crippen molar-refractivity contribution in [1.82, 2.24) is 0 Å². The second kappa shape index (κ2) is 14.4. The fourth-order valence-corrected chi connectivity index (χ4v) is 12.1. The van der Waals surface area contributed by atoms with Crippen LogP contribution in [-0.4, -0.2) is 39.4 Å². The Labute approximate surface area is 324 Å². The van der Waals surface area contributed by atoms with Gasteiger partial charge in [0, 0.05) is 16.5 Å². The van der Waals surface area contributed by atoms with Gasteiger partial charge in [-0.25, -0.2) is 43.9 Å². The first-order valence-corrected chi connectivity index (χ1v) is 19.4. The van der Waals surface area contributed by atoms with E-state index >= 15 is 17.6 Å². The van der Waals surface area contributed by atoms with Crippen LogP contribution in [0.25, 0.3) is 0 Å². The van der Waals surface area contributed by atoms with Crippen LogP contribution in [0.4, 0.5) is 43.9 Å². The molecular formula is C42H31B2F10NOP+. The molecule has 1 aliphatic rings. The molecule has 0 saturated heterocycles. The molecule has 2 nitrogen and oxygen atoms in total. The van der Waals surface area contributed by atoms with Gasteiger partial charge >= 0.3 is 7.13 Å². The molecule has 15 heteroatoms. The maximum Gasteiger partial charge on any atom is 0.701 e. The van der Waals surface area contributed by atoms with E-state index in [4.69, 9.17) is 4.74 Å². The zero-order valence-electron chi connectivity index (χ0n) is 31.0. The van der Waals surface area contributed by atoms with Crippen LogP contribution in [0.5, 0.6) is 11.5 Å². The smallest absolute Gasteiger partial charge is 0.456 e. The topological polar surface area (TPSA) is 9.23 Å². The molecule has 0 saturated carbocycles. The van der Waals surface area contributed by atoms with Crippen molar-refractivity contribution in [3.05, 3.63) is 166 Å². The number of halogens is 10. The third-order valence-electron chi connectivity index (χ3n) is 10.2. The number of hydrogen-bond acceptors (Lipinski definition) is 1. The van der Waals surface area contributed by atoms with Gasteiger partial charge in [-0.1, -0.05) is 80.6 Å². The Bertz CT molecular complexity index is 2400. The van der Waals surface area contributed by atoms with E-state index < -0.39 is 93.8 Å². The Kier molecular flexibility index (Phi) is 10.1. The highest BCUT2D eigenvalue weighted by molar-refractivity contribution is 8.15. The zero-order chi connectivity index (χ0) is 41.4. The molecule has 57 heavy (non-hydrogen) atoms. The van der Waals surface area contributed by atoms with Gasteiger partial charge in [-0.05, 0) is 37.0 Å². The van der Waals surface area contributed by atoms with Gasteiger partial charge in [0.05, 0.1) is 37.5 Å². The first kappa shape index (κ1) is 40.1. The molecule has 0 fully saturated rings. The fraction of sp³-hybridized carbons (Fsp3) is 0.143. The van der Waals surface area contributed by atoms with Crippen LogP contribution in [0.15, 0.2) is 97.1 Å². The van der Waals surface area contributed by atoms with Crippen LogP contribution in [0.1, 0.15) is 25.0 Å². The second-order valence-corrected chi connectivity index (χ2v) is 18.3. The molecule has 2 radical (unpaired) electrons. The molecule has 0 aliphatic carbocycles. The average Bonchev–Trinajstić information content (AvgIpc) is 3.19. The van der Waals surface area contributed by atoms with Gasteiger partial charge in [-0.3, -0.25) is 0 Å². The lowest BCUT2D eigenvalue weighted by atomic mass is 9.35. The molecule has 0 aromatic heterocycles. The van der Waals surface area contributed by atoms with Crippen LogP contribution in [0.3, 0.4) is 0 Å². The van der Waals surface area contributed by atoms with E-state index in [2.05, 4.69) is 7.13 Å². The van der Waals surface area contributed by atoms with Crippen molar-refractivity contribution >= 4 is 53.3 Å². The number of benzene rings is 6. The summed E-state index contributed by atoms with van der Waals surface area (Å²) in [5, 5.41) is 2.40. The van der Waals surface area contributed by atoms with Gasteiger partial charge in [0.25, 0.3) is 0 Å². The van der Waals surface area contributed by atoms with Crippen molar-refractivity contribution in [3.63, 3.8) is 0 Å². The van der Waals surface area contributed by atoms with Crippen LogP contribution in [0.2, 0.25) is 0 Å². The van der Waals surface area contributed by atoms with Crippen LogP contribution >= 0.6 is 7.14 Å². The molecule has 1 heterocycles. The molecule has 0 bridgehead atoms. The van der Waals surface area contributed by atoms with E-state index in [-0.39, 0.29) is 17.1 Å². The predicted octanol–water partition coefficient (Wildman–Crippen LogP) is 7.56. The van der Waals surface area contributed by atoms with Gasteiger partial charge in [0.15, 0.2) is 40.7 Å². The lowest BCUT2D eigenvalue weighted by Crippen LogP contribution is -2.59.